The third-order valence-corrected chi connectivity index (χ3v) is 4.82. The molecule has 1 N–H and O–H groups in total. The number of nitrogens with zero attached hydrogens (tertiary/aromatic N) is 1. The zero-order valence-corrected chi connectivity index (χ0v) is 15.8. The van der Waals surface area contributed by atoms with E-state index in [1.165, 1.54) is 0 Å². The fraction of sp³-hybridized carbons (Fsp3) is 0.250. The molecule has 144 valence electrons. The van der Waals surface area contributed by atoms with Gasteiger partial charge in [0.25, 0.3) is 5.91 Å². The minimum absolute atomic E-state index is 0.104. The quantitative estimate of drug-likeness (QED) is 0.604. The molecular weight excluding hydrogens is 384 g/mol. The number of benzene rings is 1. The summed E-state index contributed by atoms with van der Waals surface area (Å²) in [6.07, 6.45) is 5.26. The van der Waals surface area contributed by atoms with Crippen LogP contribution >= 0.6 is 11.6 Å². The van der Waals surface area contributed by atoms with Crippen LogP contribution in [0.4, 0.5) is 0 Å². The van der Waals surface area contributed by atoms with Crippen LogP contribution in [-0.4, -0.2) is 31.0 Å². The number of hydrogen-bond acceptors (Lipinski definition) is 6. The molecule has 2 aliphatic heterocycles. The van der Waals surface area contributed by atoms with E-state index in [0.29, 0.717) is 34.5 Å². The molecule has 1 atom stereocenters. The topological polar surface area (TPSA) is 86.2 Å². The van der Waals surface area contributed by atoms with Gasteiger partial charge in [-0.3, -0.25) is 4.79 Å². The molecule has 4 rings (SSSR count). The lowest BCUT2D eigenvalue weighted by Gasteiger charge is -2.27. The van der Waals surface area contributed by atoms with E-state index in [1.807, 2.05) is 24.3 Å². The first-order valence-corrected chi connectivity index (χ1v) is 9.17. The smallest absolute Gasteiger partial charge is 0.345 e. The highest BCUT2D eigenvalue weighted by atomic mass is 35.5. The average molecular weight is 401 g/mol. The van der Waals surface area contributed by atoms with Crippen LogP contribution in [0.15, 0.2) is 57.7 Å². The Morgan fingerprint density at radius 2 is 2.18 bits per heavy atom. The van der Waals surface area contributed by atoms with Crippen LogP contribution < -0.4 is 14.8 Å². The molecule has 1 aromatic carbocycles. The largest absolute Gasteiger partial charge is 0.462 e. The SMILES string of the molecule is CCOC(=O)C1=C(NCc2ccc3c(c2)OCO3)C2C=CC=C(Cl)C2=NC1=O. The molecule has 0 saturated heterocycles. The fourth-order valence-corrected chi connectivity index (χ4v) is 3.45. The minimum Gasteiger partial charge on any atom is -0.462 e. The number of fused-ring (bicyclic) bond motifs is 2. The van der Waals surface area contributed by atoms with Gasteiger partial charge in [-0.1, -0.05) is 29.8 Å². The predicted octanol–water partition coefficient (Wildman–Crippen LogP) is 2.61. The van der Waals surface area contributed by atoms with Crippen LogP contribution in [0.3, 0.4) is 0 Å². The Morgan fingerprint density at radius 1 is 1.36 bits per heavy atom. The van der Waals surface area contributed by atoms with E-state index in [1.54, 1.807) is 19.1 Å². The number of carbonyl (C=O) groups excluding carboxylic acids is 2. The van der Waals surface area contributed by atoms with Crippen LogP contribution in [0.2, 0.25) is 0 Å². The maximum Gasteiger partial charge on any atom is 0.345 e. The van der Waals surface area contributed by atoms with Gasteiger partial charge in [-0.15, -0.1) is 0 Å². The average Bonchev–Trinajstić information content (AvgIpc) is 3.14. The number of amides is 1. The lowest BCUT2D eigenvalue weighted by molar-refractivity contribution is -0.140. The Bertz CT molecular complexity index is 977. The molecule has 7 nitrogen and oxygen atoms in total. The molecule has 0 radical (unpaired) electrons. The lowest BCUT2D eigenvalue weighted by Crippen LogP contribution is -2.36. The van der Waals surface area contributed by atoms with Crippen molar-refractivity contribution in [2.24, 2.45) is 10.9 Å². The van der Waals surface area contributed by atoms with Gasteiger partial charge in [0.2, 0.25) is 6.79 Å². The van der Waals surface area contributed by atoms with E-state index in [9.17, 15) is 9.59 Å². The van der Waals surface area contributed by atoms with Crippen molar-refractivity contribution in [1.82, 2.24) is 5.32 Å². The van der Waals surface area contributed by atoms with Crippen molar-refractivity contribution in [3.05, 3.63) is 58.3 Å². The maximum atomic E-state index is 12.6. The lowest BCUT2D eigenvalue weighted by atomic mass is 9.88. The summed E-state index contributed by atoms with van der Waals surface area (Å²) in [4.78, 5) is 29.0. The molecule has 1 aromatic rings. The highest BCUT2D eigenvalue weighted by Crippen LogP contribution is 2.34. The number of ether oxygens (including phenoxy) is 3. The summed E-state index contributed by atoms with van der Waals surface area (Å²) in [7, 11) is 0. The number of aliphatic imine (C=N–C) groups is 1. The minimum atomic E-state index is -0.706. The Morgan fingerprint density at radius 3 is 3.00 bits per heavy atom. The number of carbonyl (C=O) groups is 2. The molecular formula is C20H17ClN2O5. The number of rotatable bonds is 5. The zero-order chi connectivity index (χ0) is 19.7. The van der Waals surface area contributed by atoms with Gasteiger partial charge < -0.3 is 19.5 Å². The van der Waals surface area contributed by atoms with E-state index >= 15 is 0 Å². The van der Waals surface area contributed by atoms with Gasteiger partial charge in [-0.05, 0) is 30.7 Å². The van der Waals surface area contributed by atoms with Crippen LogP contribution in [0.25, 0.3) is 0 Å². The monoisotopic (exact) mass is 400 g/mol. The summed E-state index contributed by atoms with van der Waals surface area (Å²) >= 11 is 6.22. The van der Waals surface area contributed by atoms with Crippen LogP contribution in [0, 0.1) is 5.92 Å². The summed E-state index contributed by atoms with van der Waals surface area (Å²) < 4.78 is 15.8. The van der Waals surface area contributed by atoms with Crippen molar-refractivity contribution in [3.63, 3.8) is 0 Å². The second-order valence-corrected chi connectivity index (χ2v) is 6.64. The van der Waals surface area contributed by atoms with Gasteiger partial charge >= 0.3 is 5.97 Å². The second kappa shape index (κ2) is 7.52. The van der Waals surface area contributed by atoms with Gasteiger partial charge in [0, 0.05) is 12.2 Å². The van der Waals surface area contributed by atoms with Crippen molar-refractivity contribution in [3.8, 4) is 11.5 Å². The Balaban J connectivity index is 1.65. The normalized spacial score (nSPS) is 19.8. The third-order valence-electron chi connectivity index (χ3n) is 4.50. The molecule has 2 heterocycles. The Hall–Kier alpha value is -3.06. The summed E-state index contributed by atoms with van der Waals surface area (Å²) in [5.74, 6) is -0.458. The summed E-state index contributed by atoms with van der Waals surface area (Å²) in [5.41, 5.74) is 1.63. The molecule has 28 heavy (non-hydrogen) atoms. The standard InChI is InChI=1S/C20H17ClN2O5/c1-2-26-20(25)16-18(12-4-3-5-13(21)17(12)23-19(16)24)22-9-11-6-7-14-15(8-11)28-10-27-14/h3-8,12,22H,2,9-10H2,1H3. The van der Waals surface area contributed by atoms with Crippen molar-refractivity contribution < 1.29 is 23.8 Å². The van der Waals surface area contributed by atoms with Gasteiger partial charge in [-0.2, -0.15) is 0 Å². The van der Waals surface area contributed by atoms with Crippen LogP contribution in [0.5, 0.6) is 11.5 Å². The molecule has 0 bridgehead atoms. The van der Waals surface area contributed by atoms with Crippen molar-refractivity contribution in [2.75, 3.05) is 13.4 Å². The van der Waals surface area contributed by atoms with Gasteiger partial charge in [0.1, 0.15) is 5.57 Å². The third kappa shape index (κ3) is 3.29. The molecule has 0 saturated carbocycles. The first kappa shape index (κ1) is 18.3. The number of esters is 1. The van der Waals surface area contributed by atoms with Crippen molar-refractivity contribution in [2.45, 2.75) is 13.5 Å². The second-order valence-electron chi connectivity index (χ2n) is 6.23. The van der Waals surface area contributed by atoms with E-state index in [4.69, 9.17) is 25.8 Å². The van der Waals surface area contributed by atoms with E-state index in [2.05, 4.69) is 10.3 Å². The summed E-state index contributed by atoms with van der Waals surface area (Å²) in [6, 6.07) is 5.55. The highest BCUT2D eigenvalue weighted by molar-refractivity contribution is 6.46. The molecule has 0 spiro atoms. The molecule has 1 amide bonds. The van der Waals surface area contributed by atoms with Crippen molar-refractivity contribution >= 4 is 29.2 Å². The summed E-state index contributed by atoms with van der Waals surface area (Å²) in [5, 5.41) is 3.58. The van der Waals surface area contributed by atoms with E-state index < -0.39 is 17.8 Å². The van der Waals surface area contributed by atoms with Gasteiger partial charge in [-0.25, -0.2) is 9.79 Å². The molecule has 1 aliphatic carbocycles. The van der Waals surface area contributed by atoms with E-state index in [-0.39, 0.29) is 19.0 Å². The first-order valence-electron chi connectivity index (χ1n) is 8.79. The first-order chi connectivity index (χ1) is 13.6. The number of hydrogen-bond donors (Lipinski definition) is 1. The van der Waals surface area contributed by atoms with E-state index in [0.717, 1.165) is 5.56 Å². The fourth-order valence-electron chi connectivity index (χ4n) is 3.22. The Kier molecular flexibility index (Phi) is 4.92. The van der Waals surface area contributed by atoms with Gasteiger partial charge in [0.05, 0.1) is 23.3 Å². The number of nitrogens with one attached hydrogen (secondary N) is 1. The summed E-state index contributed by atoms with van der Waals surface area (Å²) in [6.45, 7) is 2.39. The number of halogens is 1. The number of allylic oxidation sites excluding steroid dienone is 4. The van der Waals surface area contributed by atoms with Crippen LogP contribution in [-0.2, 0) is 20.9 Å². The molecule has 1 unspecified atom stereocenters. The Labute approximate surface area is 166 Å². The molecule has 3 aliphatic rings. The number of dihydropyridines is 1. The van der Waals surface area contributed by atoms with Gasteiger partial charge in [0.15, 0.2) is 11.5 Å². The highest BCUT2D eigenvalue weighted by Gasteiger charge is 2.36. The van der Waals surface area contributed by atoms with Crippen LogP contribution in [0.1, 0.15) is 12.5 Å². The molecule has 0 fully saturated rings. The molecule has 0 aromatic heterocycles. The zero-order valence-electron chi connectivity index (χ0n) is 15.0. The van der Waals surface area contributed by atoms with Crippen molar-refractivity contribution in [1.29, 1.82) is 0 Å². The maximum absolute atomic E-state index is 12.6. The molecule has 8 heteroatoms. The predicted molar refractivity (Wildman–Crippen MR) is 102 cm³/mol.